The van der Waals surface area contributed by atoms with Gasteiger partial charge >= 0.3 is 6.03 Å². The monoisotopic (exact) mass is 330 g/mol. The van der Waals surface area contributed by atoms with Crippen molar-refractivity contribution >= 4 is 6.03 Å². The lowest BCUT2D eigenvalue weighted by Crippen LogP contribution is -2.45. The fourth-order valence-corrected chi connectivity index (χ4v) is 3.99. The van der Waals surface area contributed by atoms with Crippen LogP contribution in [0.4, 0.5) is 4.79 Å². The molecule has 24 heavy (non-hydrogen) atoms. The average Bonchev–Trinajstić information content (AvgIpc) is 3.27. The molecule has 2 fully saturated rings. The van der Waals surface area contributed by atoms with Crippen LogP contribution in [0.2, 0.25) is 0 Å². The van der Waals surface area contributed by atoms with Gasteiger partial charge in [-0.25, -0.2) is 4.79 Å². The number of nitrogens with zero attached hydrogens (tertiary/aromatic N) is 3. The summed E-state index contributed by atoms with van der Waals surface area (Å²) < 4.78 is 0. The summed E-state index contributed by atoms with van der Waals surface area (Å²) in [5.74, 6) is 0.883. The summed E-state index contributed by atoms with van der Waals surface area (Å²) in [5.41, 5.74) is 1.11. The molecule has 0 spiro atoms. The van der Waals surface area contributed by atoms with Crippen molar-refractivity contribution in [2.75, 3.05) is 26.7 Å². The summed E-state index contributed by atoms with van der Waals surface area (Å²) in [6.45, 7) is 5.39. The highest BCUT2D eigenvalue weighted by Crippen LogP contribution is 2.26. The van der Waals surface area contributed by atoms with Crippen LogP contribution in [0.1, 0.15) is 50.6 Å². The summed E-state index contributed by atoms with van der Waals surface area (Å²) in [6, 6.07) is 4.28. The summed E-state index contributed by atoms with van der Waals surface area (Å²) in [4.78, 5) is 20.9. The van der Waals surface area contributed by atoms with Crippen LogP contribution in [0.5, 0.6) is 0 Å². The SMILES string of the molecule is C[C@@H](c1ccncc1)N(C)C(=O)N[C@H]1CCN(CC2CCCC2)C1. The van der Waals surface area contributed by atoms with Gasteiger partial charge in [-0.3, -0.25) is 4.98 Å². The van der Waals surface area contributed by atoms with E-state index in [0.717, 1.165) is 31.0 Å². The van der Waals surface area contributed by atoms with E-state index in [1.54, 1.807) is 17.3 Å². The van der Waals surface area contributed by atoms with Crippen LogP contribution in [-0.4, -0.2) is 53.5 Å². The van der Waals surface area contributed by atoms with Crippen LogP contribution in [0.25, 0.3) is 0 Å². The van der Waals surface area contributed by atoms with E-state index >= 15 is 0 Å². The predicted octanol–water partition coefficient (Wildman–Crippen LogP) is 3.05. The summed E-state index contributed by atoms with van der Waals surface area (Å²) in [7, 11) is 1.87. The van der Waals surface area contributed by atoms with E-state index in [9.17, 15) is 4.79 Å². The van der Waals surface area contributed by atoms with Crippen LogP contribution in [0.15, 0.2) is 24.5 Å². The molecule has 0 unspecified atom stereocenters. The van der Waals surface area contributed by atoms with Crippen LogP contribution in [0.3, 0.4) is 0 Å². The molecule has 1 aromatic heterocycles. The van der Waals surface area contributed by atoms with E-state index in [1.807, 2.05) is 19.2 Å². The fourth-order valence-electron chi connectivity index (χ4n) is 3.99. The van der Waals surface area contributed by atoms with Crippen LogP contribution in [-0.2, 0) is 0 Å². The van der Waals surface area contributed by atoms with E-state index in [1.165, 1.54) is 32.2 Å². The molecule has 3 rings (SSSR count). The third kappa shape index (κ3) is 4.26. The molecule has 1 N–H and O–H groups in total. The van der Waals surface area contributed by atoms with Gasteiger partial charge in [0.1, 0.15) is 0 Å². The average molecular weight is 330 g/mol. The first kappa shape index (κ1) is 17.2. The number of rotatable bonds is 5. The van der Waals surface area contributed by atoms with Gasteiger partial charge in [-0.2, -0.15) is 0 Å². The number of carbonyl (C=O) groups is 1. The molecule has 1 saturated heterocycles. The second-order valence-corrected chi connectivity index (χ2v) is 7.41. The second-order valence-electron chi connectivity index (χ2n) is 7.41. The molecule has 132 valence electrons. The Hall–Kier alpha value is -1.62. The number of hydrogen-bond acceptors (Lipinski definition) is 3. The maximum Gasteiger partial charge on any atom is 0.317 e. The minimum atomic E-state index is 0.0204. The number of likely N-dealkylation sites (tertiary alicyclic amines) is 1. The van der Waals surface area contributed by atoms with Gasteiger partial charge in [0, 0.05) is 45.1 Å². The highest BCUT2D eigenvalue weighted by Gasteiger charge is 2.28. The van der Waals surface area contributed by atoms with E-state index in [-0.39, 0.29) is 18.1 Å². The Morgan fingerprint density at radius 2 is 2.04 bits per heavy atom. The number of carbonyl (C=O) groups excluding carboxylic acids is 1. The van der Waals surface area contributed by atoms with Crippen molar-refractivity contribution in [2.45, 2.75) is 51.1 Å². The van der Waals surface area contributed by atoms with Gasteiger partial charge in [-0.1, -0.05) is 12.8 Å². The number of aromatic nitrogens is 1. The number of nitrogens with one attached hydrogen (secondary N) is 1. The molecular formula is C19H30N4O. The number of pyridine rings is 1. The highest BCUT2D eigenvalue weighted by atomic mass is 16.2. The molecule has 2 atom stereocenters. The Labute approximate surface area is 145 Å². The van der Waals surface area contributed by atoms with Gasteiger partial charge in [0.15, 0.2) is 0 Å². The maximum absolute atomic E-state index is 12.5. The van der Waals surface area contributed by atoms with Crippen molar-refractivity contribution in [3.05, 3.63) is 30.1 Å². The minimum Gasteiger partial charge on any atom is -0.334 e. The number of amides is 2. The van der Waals surface area contributed by atoms with Crippen LogP contribution in [0, 0.1) is 5.92 Å². The molecule has 1 aliphatic carbocycles. The smallest absolute Gasteiger partial charge is 0.317 e. The fraction of sp³-hybridized carbons (Fsp3) is 0.684. The molecule has 2 aliphatic rings. The summed E-state index contributed by atoms with van der Waals surface area (Å²) >= 11 is 0. The highest BCUT2D eigenvalue weighted by molar-refractivity contribution is 5.74. The Morgan fingerprint density at radius 3 is 2.75 bits per heavy atom. The summed E-state index contributed by atoms with van der Waals surface area (Å²) in [6.07, 6.45) is 10.2. The van der Waals surface area contributed by atoms with Crippen molar-refractivity contribution in [1.82, 2.24) is 20.1 Å². The van der Waals surface area contributed by atoms with E-state index in [2.05, 4.69) is 22.1 Å². The third-order valence-corrected chi connectivity index (χ3v) is 5.68. The van der Waals surface area contributed by atoms with Gasteiger partial charge in [0.25, 0.3) is 0 Å². The van der Waals surface area contributed by atoms with E-state index in [4.69, 9.17) is 0 Å². The standard InChI is InChI=1S/C19H30N4O/c1-15(17-7-10-20-11-8-17)22(2)19(24)21-18-9-12-23(14-18)13-16-5-3-4-6-16/h7-8,10-11,15-16,18H,3-6,9,12-14H2,1-2H3,(H,21,24)/t15-,18-/m0/s1. The molecule has 5 heteroatoms. The minimum absolute atomic E-state index is 0.0204. The molecule has 0 aromatic carbocycles. The van der Waals surface area contributed by atoms with Gasteiger partial charge in [0.2, 0.25) is 0 Å². The zero-order chi connectivity index (χ0) is 16.9. The molecule has 0 bridgehead atoms. The normalized spacial score (nSPS) is 23.3. The largest absolute Gasteiger partial charge is 0.334 e. The lowest BCUT2D eigenvalue weighted by atomic mass is 10.1. The van der Waals surface area contributed by atoms with Crippen molar-refractivity contribution < 1.29 is 4.79 Å². The zero-order valence-electron chi connectivity index (χ0n) is 14.9. The number of urea groups is 1. The molecule has 2 amide bonds. The van der Waals surface area contributed by atoms with Gasteiger partial charge in [-0.05, 0) is 49.8 Å². The topological polar surface area (TPSA) is 48.5 Å². The quantitative estimate of drug-likeness (QED) is 0.903. The van der Waals surface area contributed by atoms with Crippen molar-refractivity contribution in [3.63, 3.8) is 0 Å². The Morgan fingerprint density at radius 1 is 1.33 bits per heavy atom. The van der Waals surface area contributed by atoms with Gasteiger partial charge in [0.05, 0.1) is 6.04 Å². The van der Waals surface area contributed by atoms with Crippen molar-refractivity contribution in [2.24, 2.45) is 5.92 Å². The first-order valence-corrected chi connectivity index (χ1v) is 9.29. The van der Waals surface area contributed by atoms with E-state index < -0.39 is 0 Å². The molecular weight excluding hydrogens is 300 g/mol. The summed E-state index contributed by atoms with van der Waals surface area (Å²) in [5, 5.41) is 3.21. The maximum atomic E-state index is 12.5. The Kier molecular flexibility index (Phi) is 5.72. The second kappa shape index (κ2) is 7.97. The van der Waals surface area contributed by atoms with Gasteiger partial charge in [-0.15, -0.1) is 0 Å². The molecule has 1 saturated carbocycles. The Bertz CT molecular complexity index is 529. The lowest BCUT2D eigenvalue weighted by Gasteiger charge is -2.27. The molecule has 0 radical (unpaired) electrons. The van der Waals surface area contributed by atoms with Crippen molar-refractivity contribution in [3.8, 4) is 0 Å². The predicted molar refractivity (Wildman–Crippen MR) is 95.7 cm³/mol. The van der Waals surface area contributed by atoms with Gasteiger partial charge < -0.3 is 15.1 Å². The first-order chi connectivity index (χ1) is 11.6. The third-order valence-electron chi connectivity index (χ3n) is 5.68. The van der Waals surface area contributed by atoms with Crippen LogP contribution < -0.4 is 5.32 Å². The Balaban J connectivity index is 1.46. The van der Waals surface area contributed by atoms with Crippen LogP contribution >= 0.6 is 0 Å². The number of hydrogen-bond donors (Lipinski definition) is 1. The molecule has 2 heterocycles. The van der Waals surface area contributed by atoms with E-state index in [0.29, 0.717) is 0 Å². The first-order valence-electron chi connectivity index (χ1n) is 9.29. The molecule has 1 aliphatic heterocycles. The molecule has 1 aromatic rings. The molecule has 5 nitrogen and oxygen atoms in total. The lowest BCUT2D eigenvalue weighted by molar-refractivity contribution is 0.189. The van der Waals surface area contributed by atoms with Crippen molar-refractivity contribution in [1.29, 1.82) is 0 Å². The zero-order valence-corrected chi connectivity index (χ0v) is 14.9.